The molecule has 0 saturated carbocycles. The fourth-order valence-electron chi connectivity index (χ4n) is 6.41. The van der Waals surface area contributed by atoms with Gasteiger partial charge in [-0.05, 0) is 84.2 Å². The molecule has 0 saturated heterocycles. The molecule has 0 amide bonds. The van der Waals surface area contributed by atoms with Crippen LogP contribution in [0.25, 0.3) is 0 Å². The summed E-state index contributed by atoms with van der Waals surface area (Å²) < 4.78 is 131. The molecule has 1 aromatic heterocycles. The monoisotopic (exact) mass is 708 g/mol. The zero-order chi connectivity index (χ0) is 36.7. The number of esters is 1. The molecule has 2 aromatic carbocycles. The maximum atomic E-state index is 14.4. The molecule has 0 N–H and O–H groups in total. The number of anilines is 2. The van der Waals surface area contributed by atoms with Crippen LogP contribution in [0.1, 0.15) is 84.5 Å². The summed E-state index contributed by atoms with van der Waals surface area (Å²) in [5.74, 6) is -0.574. The van der Waals surface area contributed by atoms with E-state index in [4.69, 9.17) is 4.74 Å². The van der Waals surface area contributed by atoms with Crippen molar-refractivity contribution in [2.45, 2.75) is 84.5 Å². The Balaban J connectivity index is 1.90. The fraction of sp³-hybridized carbons (Fsp3) is 0.562. The second kappa shape index (κ2) is 13.7. The van der Waals surface area contributed by atoms with Crippen LogP contribution < -0.4 is 9.80 Å². The van der Waals surface area contributed by atoms with Gasteiger partial charge < -0.3 is 14.5 Å². The quantitative estimate of drug-likeness (QED) is 0.164. The molecule has 8 nitrogen and oxygen atoms in total. The summed E-state index contributed by atoms with van der Waals surface area (Å²) in [6.07, 6.45) is -13.8. The Morgan fingerprint density at radius 3 is 2.08 bits per heavy atom. The van der Waals surface area contributed by atoms with E-state index < -0.39 is 59.2 Å². The first kappa shape index (κ1) is 37.8. The Labute approximate surface area is 277 Å². The van der Waals surface area contributed by atoms with E-state index >= 15 is 0 Å². The molecule has 1 unspecified atom stereocenters. The van der Waals surface area contributed by atoms with Crippen LogP contribution in [0.5, 0.6) is 0 Å². The van der Waals surface area contributed by atoms with Gasteiger partial charge >= 0.3 is 24.5 Å². The molecule has 1 atom stereocenters. The number of tetrazole rings is 1. The zero-order valence-corrected chi connectivity index (χ0v) is 27.7. The Kier molecular flexibility index (Phi) is 10.6. The van der Waals surface area contributed by atoms with Crippen molar-refractivity contribution in [3.63, 3.8) is 0 Å². The summed E-state index contributed by atoms with van der Waals surface area (Å²) in [5.41, 5.74) is -4.37. The Hall–Kier alpha value is -4.05. The lowest BCUT2D eigenvalue weighted by Crippen LogP contribution is -2.32. The minimum atomic E-state index is -5.09. The second-order valence-corrected chi connectivity index (χ2v) is 13.1. The van der Waals surface area contributed by atoms with E-state index in [9.17, 15) is 44.3 Å². The summed E-state index contributed by atoms with van der Waals surface area (Å²) in [6, 6.07) is 1.73. The van der Waals surface area contributed by atoms with Crippen molar-refractivity contribution in [2.75, 3.05) is 30.0 Å². The SMILES string of the molecule is COC(=O)CC(C)(C)CCN1CCCC(N(Cc2cc(C(F)(F)F)cc(C(F)(F)F)c2)c2nnn(C)n2)c2cc(C)c(C(F)(F)F)c(C)c21. The van der Waals surface area contributed by atoms with Crippen LogP contribution in [0.3, 0.4) is 0 Å². The van der Waals surface area contributed by atoms with Gasteiger partial charge in [-0.3, -0.25) is 4.79 Å². The Morgan fingerprint density at radius 1 is 0.959 bits per heavy atom. The van der Waals surface area contributed by atoms with Crippen molar-refractivity contribution < 1.29 is 49.0 Å². The van der Waals surface area contributed by atoms with Gasteiger partial charge in [0.15, 0.2) is 0 Å². The number of hydrogen-bond donors (Lipinski definition) is 0. The molecule has 4 rings (SSSR count). The minimum absolute atomic E-state index is 0.0281. The lowest BCUT2D eigenvalue weighted by atomic mass is 9.85. The van der Waals surface area contributed by atoms with E-state index in [1.165, 1.54) is 39.0 Å². The smallest absolute Gasteiger partial charge is 0.416 e. The molecule has 270 valence electrons. The van der Waals surface area contributed by atoms with Crippen LogP contribution in [0.4, 0.5) is 51.1 Å². The van der Waals surface area contributed by atoms with Gasteiger partial charge in [-0.2, -0.15) is 44.3 Å². The third-order valence-corrected chi connectivity index (χ3v) is 8.67. The number of alkyl halides is 9. The third kappa shape index (κ3) is 8.76. The number of rotatable bonds is 9. The third-order valence-electron chi connectivity index (χ3n) is 8.67. The van der Waals surface area contributed by atoms with Crippen molar-refractivity contribution in [1.82, 2.24) is 20.2 Å². The van der Waals surface area contributed by atoms with Gasteiger partial charge in [0.25, 0.3) is 5.95 Å². The largest absolute Gasteiger partial charge is 0.469 e. The highest BCUT2D eigenvalue weighted by Gasteiger charge is 2.41. The summed E-state index contributed by atoms with van der Waals surface area (Å²) in [4.78, 5) is 16.3. The maximum absolute atomic E-state index is 14.4. The predicted octanol–water partition coefficient (Wildman–Crippen LogP) is 8.21. The minimum Gasteiger partial charge on any atom is -0.469 e. The number of halogens is 9. The van der Waals surface area contributed by atoms with Gasteiger partial charge in [-0.15, -0.1) is 5.10 Å². The van der Waals surface area contributed by atoms with E-state index in [0.717, 1.165) is 4.80 Å². The highest BCUT2D eigenvalue weighted by molar-refractivity contribution is 5.70. The predicted molar refractivity (Wildman–Crippen MR) is 162 cm³/mol. The van der Waals surface area contributed by atoms with Gasteiger partial charge in [-0.25, -0.2) is 0 Å². The maximum Gasteiger partial charge on any atom is 0.416 e. The molecule has 17 heteroatoms. The molecule has 1 aliphatic heterocycles. The highest BCUT2D eigenvalue weighted by Crippen LogP contribution is 2.47. The van der Waals surface area contributed by atoms with Crippen LogP contribution >= 0.6 is 0 Å². The van der Waals surface area contributed by atoms with Crippen LogP contribution in [-0.4, -0.2) is 46.4 Å². The second-order valence-electron chi connectivity index (χ2n) is 13.1. The Morgan fingerprint density at radius 2 is 1.57 bits per heavy atom. The first-order valence-electron chi connectivity index (χ1n) is 15.3. The van der Waals surface area contributed by atoms with Crippen LogP contribution in [0.2, 0.25) is 0 Å². The molecule has 49 heavy (non-hydrogen) atoms. The van der Waals surface area contributed by atoms with E-state index in [0.29, 0.717) is 30.5 Å². The van der Waals surface area contributed by atoms with Gasteiger partial charge in [0, 0.05) is 25.3 Å². The van der Waals surface area contributed by atoms with Gasteiger partial charge in [-0.1, -0.05) is 25.0 Å². The first-order valence-corrected chi connectivity index (χ1v) is 15.3. The van der Waals surface area contributed by atoms with Crippen LogP contribution in [0.15, 0.2) is 24.3 Å². The zero-order valence-electron chi connectivity index (χ0n) is 27.7. The number of aromatic nitrogens is 4. The van der Waals surface area contributed by atoms with Crippen LogP contribution in [-0.2, 0) is 41.7 Å². The van der Waals surface area contributed by atoms with E-state index in [1.54, 1.807) is 4.90 Å². The Bertz CT molecular complexity index is 1630. The van der Waals surface area contributed by atoms with E-state index in [2.05, 4.69) is 15.4 Å². The van der Waals surface area contributed by atoms with Crippen molar-refractivity contribution >= 4 is 17.6 Å². The summed E-state index contributed by atoms with van der Waals surface area (Å²) in [6.45, 7) is 6.29. The number of benzene rings is 2. The molecule has 0 aliphatic carbocycles. The molecule has 0 fully saturated rings. The molecular formula is C32H37F9N6O2. The van der Waals surface area contributed by atoms with Crippen molar-refractivity contribution in [3.8, 4) is 0 Å². The van der Waals surface area contributed by atoms with Crippen molar-refractivity contribution in [3.05, 3.63) is 63.2 Å². The first-order chi connectivity index (χ1) is 22.5. The summed E-state index contributed by atoms with van der Waals surface area (Å²) in [7, 11) is 2.68. The lowest BCUT2D eigenvalue weighted by Gasteiger charge is -2.35. The number of methoxy groups -OCH3 is 1. The summed E-state index contributed by atoms with van der Waals surface area (Å²) in [5, 5.41) is 12.0. The number of carbonyl (C=O) groups is 1. The molecule has 2 heterocycles. The van der Waals surface area contributed by atoms with E-state index in [1.807, 2.05) is 13.8 Å². The lowest BCUT2D eigenvalue weighted by molar-refractivity contribution is -0.144. The fourth-order valence-corrected chi connectivity index (χ4v) is 6.41. The topological polar surface area (TPSA) is 76.4 Å². The molecule has 0 radical (unpaired) electrons. The summed E-state index contributed by atoms with van der Waals surface area (Å²) >= 11 is 0. The molecule has 0 spiro atoms. The van der Waals surface area contributed by atoms with Crippen molar-refractivity contribution in [2.24, 2.45) is 12.5 Å². The van der Waals surface area contributed by atoms with Crippen molar-refractivity contribution in [1.29, 1.82) is 0 Å². The molecule has 1 aliphatic rings. The van der Waals surface area contributed by atoms with Gasteiger partial charge in [0.05, 0.1) is 43.3 Å². The average Bonchev–Trinajstić information content (AvgIpc) is 3.31. The standard InChI is InChI=1S/C32H37F9N6O2/c1-18-12-23-24(8-7-10-46(11-9-29(3,4)16-25(48)49-6)27(23)19(2)26(18)32(39,40)41)47(28-42-44-45(5)43-28)17-20-13-21(30(33,34)35)15-22(14-20)31(36,37)38/h12-15,24H,7-11,16-17H2,1-6H3. The number of aryl methyl sites for hydroxylation is 2. The normalized spacial score (nSPS) is 16.0. The molecule has 0 bridgehead atoms. The highest BCUT2D eigenvalue weighted by atomic mass is 19.4. The van der Waals surface area contributed by atoms with E-state index in [-0.39, 0.29) is 60.3 Å². The number of nitrogens with zero attached hydrogens (tertiary/aromatic N) is 6. The van der Waals surface area contributed by atoms with Crippen LogP contribution in [0, 0.1) is 19.3 Å². The molecule has 3 aromatic rings. The van der Waals surface area contributed by atoms with Gasteiger partial charge in [0.1, 0.15) is 0 Å². The average molecular weight is 709 g/mol. The molecular weight excluding hydrogens is 671 g/mol. The van der Waals surface area contributed by atoms with Gasteiger partial charge in [0.2, 0.25) is 0 Å². The number of ether oxygens (including phenoxy) is 1. The number of hydrogen-bond acceptors (Lipinski definition) is 7. The number of carbonyl (C=O) groups excluding carboxylic acids is 1. The number of fused-ring (bicyclic) bond motifs is 1.